The Balaban J connectivity index is 0.00000361. The van der Waals surface area contributed by atoms with E-state index in [0.29, 0.717) is 12.1 Å². The molecule has 1 aromatic carbocycles. The van der Waals surface area contributed by atoms with Crippen LogP contribution in [-0.2, 0) is 11.3 Å². The molecule has 1 atom stereocenters. The molecule has 114 valence electrons. The van der Waals surface area contributed by atoms with E-state index in [9.17, 15) is 9.18 Å². The summed E-state index contributed by atoms with van der Waals surface area (Å²) in [5, 5.41) is 0. The van der Waals surface area contributed by atoms with Crippen LogP contribution in [0.2, 0.25) is 0 Å². The van der Waals surface area contributed by atoms with Crippen molar-refractivity contribution in [3.8, 4) is 0 Å². The van der Waals surface area contributed by atoms with Crippen LogP contribution >= 0.6 is 28.3 Å². The Morgan fingerprint density at radius 2 is 2.00 bits per heavy atom. The van der Waals surface area contributed by atoms with Crippen LogP contribution in [0.25, 0.3) is 0 Å². The molecular weight excluding hydrogens is 347 g/mol. The van der Waals surface area contributed by atoms with Gasteiger partial charge in [0.25, 0.3) is 0 Å². The lowest BCUT2D eigenvalue weighted by Gasteiger charge is -2.29. The highest BCUT2D eigenvalue weighted by molar-refractivity contribution is 9.10. The summed E-state index contributed by atoms with van der Waals surface area (Å²) in [6.45, 7) is 6.16. The van der Waals surface area contributed by atoms with Crippen LogP contribution in [0.5, 0.6) is 0 Å². The Morgan fingerprint density at radius 3 is 2.50 bits per heavy atom. The molecule has 0 spiro atoms. The standard InChI is InChI=1S/C14H20BrFN2O.ClH/c1-9(2)18(14(19)10(3)7-17)8-11-6-12(15)4-5-13(11)16;/h4-6,9-10H,7-8,17H2,1-3H3;1H. The average molecular weight is 368 g/mol. The van der Waals surface area contributed by atoms with Crippen LogP contribution in [0.1, 0.15) is 26.3 Å². The van der Waals surface area contributed by atoms with Gasteiger partial charge in [-0.15, -0.1) is 12.4 Å². The highest BCUT2D eigenvalue weighted by Crippen LogP contribution is 2.19. The van der Waals surface area contributed by atoms with Gasteiger partial charge in [-0.25, -0.2) is 4.39 Å². The summed E-state index contributed by atoms with van der Waals surface area (Å²) in [6.07, 6.45) is 0. The van der Waals surface area contributed by atoms with Crippen molar-refractivity contribution in [2.45, 2.75) is 33.4 Å². The highest BCUT2D eigenvalue weighted by atomic mass is 79.9. The van der Waals surface area contributed by atoms with E-state index >= 15 is 0 Å². The maximum atomic E-state index is 13.8. The normalized spacial score (nSPS) is 11.9. The van der Waals surface area contributed by atoms with Gasteiger partial charge in [-0.1, -0.05) is 22.9 Å². The number of carbonyl (C=O) groups is 1. The number of halogens is 3. The molecule has 1 aromatic rings. The predicted octanol–water partition coefficient (Wildman–Crippen LogP) is 3.34. The Labute approximate surface area is 134 Å². The first kappa shape index (κ1) is 19.4. The van der Waals surface area contributed by atoms with Crippen LogP contribution in [0.4, 0.5) is 4.39 Å². The van der Waals surface area contributed by atoms with Gasteiger partial charge in [0.05, 0.1) is 0 Å². The third-order valence-electron chi connectivity index (χ3n) is 3.03. The first-order valence-electron chi connectivity index (χ1n) is 6.31. The maximum absolute atomic E-state index is 13.8. The van der Waals surface area contributed by atoms with Gasteiger partial charge in [0.2, 0.25) is 5.91 Å². The van der Waals surface area contributed by atoms with Crippen molar-refractivity contribution in [1.29, 1.82) is 0 Å². The molecule has 2 N–H and O–H groups in total. The minimum atomic E-state index is -0.304. The van der Waals surface area contributed by atoms with E-state index in [1.807, 2.05) is 13.8 Å². The van der Waals surface area contributed by atoms with Gasteiger partial charge in [-0.3, -0.25) is 4.79 Å². The Kier molecular flexibility index (Phi) is 8.32. The Bertz CT molecular complexity index is 457. The van der Waals surface area contributed by atoms with Crippen LogP contribution in [0, 0.1) is 11.7 Å². The van der Waals surface area contributed by atoms with Gasteiger partial charge in [0.15, 0.2) is 0 Å². The van der Waals surface area contributed by atoms with Crippen LogP contribution in [-0.4, -0.2) is 23.4 Å². The fraction of sp³-hybridized carbons (Fsp3) is 0.500. The predicted molar refractivity (Wildman–Crippen MR) is 85.3 cm³/mol. The van der Waals surface area contributed by atoms with Crippen molar-refractivity contribution in [2.24, 2.45) is 11.7 Å². The number of nitrogens with two attached hydrogens (primary N) is 1. The van der Waals surface area contributed by atoms with E-state index in [1.54, 1.807) is 24.0 Å². The largest absolute Gasteiger partial charge is 0.336 e. The van der Waals surface area contributed by atoms with Crippen molar-refractivity contribution >= 4 is 34.2 Å². The Morgan fingerprint density at radius 1 is 1.40 bits per heavy atom. The average Bonchev–Trinajstić information content (AvgIpc) is 2.37. The fourth-order valence-electron chi connectivity index (χ4n) is 1.75. The molecule has 20 heavy (non-hydrogen) atoms. The lowest BCUT2D eigenvalue weighted by Crippen LogP contribution is -2.41. The molecule has 0 aliphatic rings. The Hall–Kier alpha value is -0.650. The van der Waals surface area contributed by atoms with E-state index in [1.165, 1.54) is 6.07 Å². The number of amides is 1. The number of benzene rings is 1. The second kappa shape index (κ2) is 8.60. The SMILES string of the molecule is CC(CN)C(=O)N(Cc1cc(Br)ccc1F)C(C)C.Cl. The van der Waals surface area contributed by atoms with Crippen LogP contribution < -0.4 is 5.73 Å². The number of nitrogens with zero attached hydrogens (tertiary/aromatic N) is 1. The minimum Gasteiger partial charge on any atom is -0.336 e. The van der Waals surface area contributed by atoms with Crippen molar-refractivity contribution in [1.82, 2.24) is 4.90 Å². The quantitative estimate of drug-likeness (QED) is 0.867. The second-order valence-corrected chi connectivity index (χ2v) is 5.85. The molecule has 0 fully saturated rings. The molecule has 6 heteroatoms. The zero-order valence-corrected chi connectivity index (χ0v) is 14.3. The lowest BCUT2D eigenvalue weighted by atomic mass is 10.1. The van der Waals surface area contributed by atoms with Crippen LogP contribution in [0.15, 0.2) is 22.7 Å². The summed E-state index contributed by atoms with van der Waals surface area (Å²) in [7, 11) is 0. The van der Waals surface area contributed by atoms with Gasteiger partial charge >= 0.3 is 0 Å². The van der Waals surface area contributed by atoms with Gasteiger partial charge < -0.3 is 10.6 Å². The molecule has 1 rings (SSSR count). The first-order valence-corrected chi connectivity index (χ1v) is 7.10. The molecule has 3 nitrogen and oxygen atoms in total. The lowest BCUT2D eigenvalue weighted by molar-refractivity contribution is -0.137. The third kappa shape index (κ3) is 5.04. The number of hydrogen-bond donors (Lipinski definition) is 1. The summed E-state index contributed by atoms with van der Waals surface area (Å²) in [5.41, 5.74) is 6.03. The first-order chi connectivity index (χ1) is 8.86. The van der Waals surface area contributed by atoms with E-state index in [-0.39, 0.29) is 42.6 Å². The minimum absolute atomic E-state index is 0. The number of rotatable bonds is 5. The maximum Gasteiger partial charge on any atom is 0.227 e. The van der Waals surface area contributed by atoms with Crippen molar-refractivity contribution in [3.05, 3.63) is 34.1 Å². The van der Waals surface area contributed by atoms with E-state index in [2.05, 4.69) is 15.9 Å². The van der Waals surface area contributed by atoms with E-state index in [0.717, 1.165) is 4.47 Å². The van der Waals surface area contributed by atoms with E-state index < -0.39 is 0 Å². The monoisotopic (exact) mass is 366 g/mol. The van der Waals surface area contributed by atoms with Gasteiger partial charge in [-0.2, -0.15) is 0 Å². The molecule has 0 aliphatic carbocycles. The smallest absolute Gasteiger partial charge is 0.227 e. The summed E-state index contributed by atoms with van der Waals surface area (Å²) in [6, 6.07) is 4.74. The number of hydrogen-bond acceptors (Lipinski definition) is 2. The summed E-state index contributed by atoms with van der Waals surface area (Å²) in [5.74, 6) is -0.600. The molecule has 0 bridgehead atoms. The summed E-state index contributed by atoms with van der Waals surface area (Å²) in [4.78, 5) is 13.9. The molecule has 0 saturated heterocycles. The molecular formula is C14H21BrClFN2O. The molecule has 0 saturated carbocycles. The summed E-state index contributed by atoms with van der Waals surface area (Å²) >= 11 is 3.31. The molecule has 0 heterocycles. The fourth-order valence-corrected chi connectivity index (χ4v) is 2.16. The van der Waals surface area contributed by atoms with Crippen LogP contribution in [0.3, 0.4) is 0 Å². The third-order valence-corrected chi connectivity index (χ3v) is 3.52. The molecule has 1 amide bonds. The van der Waals surface area contributed by atoms with Gasteiger partial charge in [0, 0.05) is 35.1 Å². The molecule has 1 unspecified atom stereocenters. The van der Waals surface area contributed by atoms with E-state index in [4.69, 9.17) is 5.73 Å². The van der Waals surface area contributed by atoms with Gasteiger partial charge in [0.1, 0.15) is 5.82 Å². The topological polar surface area (TPSA) is 46.3 Å². The van der Waals surface area contributed by atoms with Crippen molar-refractivity contribution < 1.29 is 9.18 Å². The summed E-state index contributed by atoms with van der Waals surface area (Å²) < 4.78 is 14.6. The highest BCUT2D eigenvalue weighted by Gasteiger charge is 2.23. The second-order valence-electron chi connectivity index (χ2n) is 4.93. The molecule has 0 aromatic heterocycles. The van der Waals surface area contributed by atoms with Crippen molar-refractivity contribution in [3.63, 3.8) is 0 Å². The molecule has 0 radical (unpaired) electrons. The zero-order valence-electron chi connectivity index (χ0n) is 11.9. The molecule has 0 aliphatic heterocycles. The van der Waals surface area contributed by atoms with Gasteiger partial charge in [-0.05, 0) is 32.0 Å². The van der Waals surface area contributed by atoms with Crippen molar-refractivity contribution in [2.75, 3.05) is 6.54 Å². The zero-order chi connectivity index (χ0) is 14.6. The number of carbonyl (C=O) groups excluding carboxylic acids is 1.